The second-order valence-corrected chi connectivity index (χ2v) is 4.78. The van der Waals surface area contributed by atoms with E-state index in [-0.39, 0.29) is 18.4 Å². The number of hydrogen-bond acceptors (Lipinski definition) is 7. The number of aromatic nitrogens is 3. The van der Waals surface area contributed by atoms with Crippen LogP contribution in [0.3, 0.4) is 0 Å². The lowest BCUT2D eigenvalue weighted by atomic mass is 10.4. The Balaban J connectivity index is 2.06. The van der Waals surface area contributed by atoms with Gasteiger partial charge >= 0.3 is 28.7 Å². The minimum atomic E-state index is -4.46. The van der Waals surface area contributed by atoms with Gasteiger partial charge in [0.2, 0.25) is 11.9 Å². The molecule has 2 N–H and O–H groups in total. The average Bonchev–Trinajstić information content (AvgIpc) is 2.88. The van der Waals surface area contributed by atoms with Crippen LogP contribution >= 0.6 is 0 Å². The monoisotopic (exact) mass is 331 g/mol. The fourth-order valence-corrected chi connectivity index (χ4v) is 1.73. The molecule has 7 nitrogen and oxygen atoms in total. The Morgan fingerprint density at radius 3 is 2.55 bits per heavy atom. The van der Waals surface area contributed by atoms with Crippen LogP contribution in [0.15, 0.2) is 16.5 Å². The number of anilines is 2. The summed E-state index contributed by atoms with van der Waals surface area (Å²) in [7, 11) is 0. The molecule has 0 amide bonds. The van der Waals surface area contributed by atoms with Crippen LogP contribution in [-0.2, 0) is 6.54 Å². The van der Waals surface area contributed by atoms with Gasteiger partial charge in [-0.2, -0.15) is 28.1 Å². The SMILES string of the molecule is Cc1ccc(CNc2nc([NH][AlH2])nc(OCC(F)(F)F)n2)o1. The van der Waals surface area contributed by atoms with Crippen LogP contribution in [0.25, 0.3) is 0 Å². The third-order valence-electron chi connectivity index (χ3n) is 2.42. The molecule has 11 heteroatoms. The first-order valence-electron chi connectivity index (χ1n) is 6.28. The molecule has 0 bridgehead atoms. The van der Waals surface area contributed by atoms with Crippen molar-refractivity contribution in [3.63, 3.8) is 0 Å². The third-order valence-corrected chi connectivity index (χ3v) is 2.87. The molecule has 0 saturated heterocycles. The van der Waals surface area contributed by atoms with Gasteiger partial charge < -0.3 is 18.8 Å². The number of aryl methyl sites for hydroxylation is 1. The fourth-order valence-electron chi connectivity index (χ4n) is 1.50. The molecule has 0 spiro atoms. The van der Waals surface area contributed by atoms with Gasteiger partial charge in [-0.25, -0.2) is 0 Å². The highest BCUT2D eigenvalue weighted by atomic mass is 27.1. The van der Waals surface area contributed by atoms with E-state index in [2.05, 4.69) is 29.3 Å². The summed E-state index contributed by atoms with van der Waals surface area (Å²) in [5, 5.41) is 2.84. The Morgan fingerprint density at radius 2 is 1.95 bits per heavy atom. The van der Waals surface area contributed by atoms with Crippen molar-refractivity contribution in [2.75, 3.05) is 16.2 Å². The number of nitrogens with zero attached hydrogens (tertiary/aromatic N) is 3. The van der Waals surface area contributed by atoms with Crippen molar-refractivity contribution in [3.05, 3.63) is 23.7 Å². The summed E-state index contributed by atoms with van der Waals surface area (Å²) in [6, 6.07) is 3.17. The van der Waals surface area contributed by atoms with E-state index in [0.717, 1.165) is 5.76 Å². The van der Waals surface area contributed by atoms with Gasteiger partial charge in [0.1, 0.15) is 11.5 Å². The first-order chi connectivity index (χ1) is 10.4. The Labute approximate surface area is 131 Å². The van der Waals surface area contributed by atoms with Crippen LogP contribution in [0.1, 0.15) is 11.5 Å². The number of rotatable bonds is 6. The zero-order valence-electron chi connectivity index (χ0n) is 11.9. The number of alkyl halides is 3. The summed E-state index contributed by atoms with van der Waals surface area (Å²) in [5.41, 5.74) is 0. The van der Waals surface area contributed by atoms with E-state index in [1.54, 1.807) is 19.1 Å². The zero-order chi connectivity index (χ0) is 16.2. The molecule has 2 heterocycles. The molecule has 22 heavy (non-hydrogen) atoms. The lowest BCUT2D eigenvalue weighted by Crippen LogP contribution is -2.21. The van der Waals surface area contributed by atoms with Crippen molar-refractivity contribution < 1.29 is 22.3 Å². The minimum absolute atomic E-state index is 0.0968. The van der Waals surface area contributed by atoms with Crippen LogP contribution < -0.4 is 14.4 Å². The first kappa shape index (κ1) is 16.4. The van der Waals surface area contributed by atoms with Gasteiger partial charge in [-0.3, -0.25) is 0 Å². The second kappa shape index (κ2) is 6.85. The predicted molar refractivity (Wildman–Crippen MR) is 74.3 cm³/mol. The number of hydrogen-bond donors (Lipinski definition) is 2. The van der Waals surface area contributed by atoms with Crippen molar-refractivity contribution in [2.24, 2.45) is 0 Å². The summed E-state index contributed by atoms with van der Waals surface area (Å²) in [4.78, 5) is 11.5. The lowest BCUT2D eigenvalue weighted by molar-refractivity contribution is -0.154. The van der Waals surface area contributed by atoms with E-state index >= 15 is 0 Å². The maximum Gasteiger partial charge on any atom is 0.422 e. The predicted octanol–water partition coefficient (Wildman–Crippen LogP) is 1.29. The molecule has 2 aromatic rings. The first-order valence-corrected chi connectivity index (χ1v) is 7.28. The van der Waals surface area contributed by atoms with Crippen molar-refractivity contribution in [1.82, 2.24) is 15.0 Å². The van der Waals surface area contributed by atoms with E-state index in [0.29, 0.717) is 22.3 Å². The molecular weight excluding hydrogens is 318 g/mol. The number of furan rings is 1. The highest BCUT2D eigenvalue weighted by Gasteiger charge is 2.29. The number of nitrogens with one attached hydrogen (secondary N) is 2. The normalized spacial score (nSPS) is 11.3. The Bertz CT molecular complexity index is 634. The summed E-state index contributed by atoms with van der Waals surface area (Å²) in [6.45, 7) is 0.630. The van der Waals surface area contributed by atoms with E-state index in [4.69, 9.17) is 4.42 Å². The molecule has 0 aliphatic carbocycles. The second-order valence-electron chi connectivity index (χ2n) is 4.28. The highest BCUT2D eigenvalue weighted by molar-refractivity contribution is 6.15. The lowest BCUT2D eigenvalue weighted by Gasteiger charge is -2.10. The van der Waals surface area contributed by atoms with E-state index in [1.807, 2.05) is 0 Å². The quantitative estimate of drug-likeness (QED) is 0.772. The van der Waals surface area contributed by atoms with Gasteiger partial charge in [0, 0.05) is 0 Å². The molecule has 2 aromatic heterocycles. The summed E-state index contributed by atoms with van der Waals surface area (Å²) in [6.07, 6.45) is -4.46. The van der Waals surface area contributed by atoms with Crippen molar-refractivity contribution in [3.8, 4) is 6.01 Å². The maximum absolute atomic E-state index is 12.2. The number of halogens is 3. The van der Waals surface area contributed by atoms with Gasteiger partial charge in [-0.05, 0) is 19.1 Å². The topological polar surface area (TPSA) is 85.1 Å². The molecule has 118 valence electrons. The highest BCUT2D eigenvalue weighted by Crippen LogP contribution is 2.18. The fraction of sp³-hybridized carbons (Fsp3) is 0.364. The minimum Gasteiger partial charge on any atom is -0.465 e. The molecule has 0 aliphatic heterocycles. The van der Waals surface area contributed by atoms with Crippen LogP contribution in [0.5, 0.6) is 6.01 Å². The third kappa shape index (κ3) is 5.09. The molecule has 2 rings (SSSR count). The van der Waals surface area contributed by atoms with Gasteiger partial charge in [0.25, 0.3) is 0 Å². The van der Waals surface area contributed by atoms with E-state index in [9.17, 15) is 13.2 Å². The summed E-state index contributed by atoms with van der Waals surface area (Å²) in [5.74, 6) is 1.65. The molecule has 0 atom stereocenters. The zero-order valence-corrected chi connectivity index (χ0v) is 13.9. The van der Waals surface area contributed by atoms with Gasteiger partial charge in [-0.1, -0.05) is 0 Å². The summed E-state index contributed by atoms with van der Waals surface area (Å²) < 4.78 is 49.1. The van der Waals surface area contributed by atoms with Crippen LogP contribution in [0, 0.1) is 6.92 Å². The van der Waals surface area contributed by atoms with Gasteiger partial charge in [0.05, 0.1) is 6.54 Å². The van der Waals surface area contributed by atoms with Gasteiger partial charge in [-0.15, -0.1) is 0 Å². The molecule has 0 aromatic carbocycles. The average molecular weight is 331 g/mol. The standard InChI is InChI=1S/C11H11F3N5O2.Al.2H/c1-6-2-3-7(21-6)4-16-9-17-8(15)18-10(19-9)20-5-11(12,13)14;;;/h2-3H,4-5H2,1H3,(H2-,15,16,17,18,19);;;/q-1;+1;;. The molecule has 0 aliphatic rings. The van der Waals surface area contributed by atoms with Crippen molar-refractivity contribution >= 4 is 28.4 Å². The molecule has 0 radical (unpaired) electrons. The molecule has 0 unspecified atom stereocenters. The van der Waals surface area contributed by atoms with Crippen LogP contribution in [-0.4, -0.2) is 44.2 Å². The maximum atomic E-state index is 12.2. The smallest absolute Gasteiger partial charge is 0.422 e. The molecule has 0 fully saturated rings. The van der Waals surface area contributed by atoms with Crippen molar-refractivity contribution in [1.29, 1.82) is 0 Å². The summed E-state index contributed by atoms with van der Waals surface area (Å²) >= 11 is 0.524. The Morgan fingerprint density at radius 1 is 1.23 bits per heavy atom. The van der Waals surface area contributed by atoms with Crippen LogP contribution in [0.2, 0.25) is 0 Å². The Hall–Kier alpha value is -1.99. The van der Waals surface area contributed by atoms with Gasteiger partial charge in [0.15, 0.2) is 6.61 Å². The van der Waals surface area contributed by atoms with Crippen molar-refractivity contribution in [2.45, 2.75) is 19.6 Å². The van der Waals surface area contributed by atoms with E-state index in [1.165, 1.54) is 0 Å². The van der Waals surface area contributed by atoms with E-state index < -0.39 is 18.8 Å². The molecular formula is C11H13AlF3N5O2. The largest absolute Gasteiger partial charge is 0.465 e. The molecule has 0 saturated carbocycles. The van der Waals surface area contributed by atoms with Crippen LogP contribution in [0.4, 0.5) is 25.1 Å². The number of ether oxygens (including phenoxy) is 1. The Kier molecular flexibility index (Phi) is 5.10.